The number of amides is 2. The standard InChI is InChI=1S/C16H16N2O3/c1-21-14-9-7-13(8-10-14)17-16(20)18-15(11-19)12-5-3-2-4-6-12/h2-11,15H,1H3,(H2,17,18,20). The molecule has 2 N–H and O–H groups in total. The number of rotatable bonds is 5. The summed E-state index contributed by atoms with van der Waals surface area (Å²) in [7, 11) is 1.57. The monoisotopic (exact) mass is 284 g/mol. The first-order valence-corrected chi connectivity index (χ1v) is 6.44. The van der Waals surface area contributed by atoms with E-state index >= 15 is 0 Å². The zero-order valence-electron chi connectivity index (χ0n) is 11.6. The summed E-state index contributed by atoms with van der Waals surface area (Å²) in [6.07, 6.45) is 0.697. The van der Waals surface area contributed by atoms with Gasteiger partial charge in [-0.05, 0) is 29.8 Å². The summed E-state index contributed by atoms with van der Waals surface area (Å²) in [5.41, 5.74) is 1.35. The number of carbonyl (C=O) groups is 2. The lowest BCUT2D eigenvalue weighted by Gasteiger charge is -2.14. The zero-order valence-corrected chi connectivity index (χ0v) is 11.6. The van der Waals surface area contributed by atoms with E-state index in [9.17, 15) is 9.59 Å². The minimum Gasteiger partial charge on any atom is -0.497 e. The number of carbonyl (C=O) groups excluding carboxylic acids is 2. The second kappa shape index (κ2) is 7.09. The molecule has 0 heterocycles. The van der Waals surface area contributed by atoms with Gasteiger partial charge in [0.1, 0.15) is 18.1 Å². The van der Waals surface area contributed by atoms with Gasteiger partial charge in [0, 0.05) is 5.69 Å². The quantitative estimate of drug-likeness (QED) is 0.830. The van der Waals surface area contributed by atoms with Crippen LogP contribution in [0.1, 0.15) is 11.6 Å². The molecule has 2 aromatic carbocycles. The molecular weight excluding hydrogens is 268 g/mol. The Bertz CT molecular complexity index is 597. The first-order valence-electron chi connectivity index (χ1n) is 6.44. The minimum absolute atomic E-state index is 0.443. The predicted molar refractivity (Wildman–Crippen MR) is 80.4 cm³/mol. The molecule has 1 unspecified atom stereocenters. The lowest BCUT2D eigenvalue weighted by Crippen LogP contribution is -2.33. The summed E-state index contributed by atoms with van der Waals surface area (Å²) >= 11 is 0. The molecule has 0 fully saturated rings. The molecule has 2 rings (SSSR count). The molecule has 2 aromatic rings. The molecule has 0 aliphatic carbocycles. The van der Waals surface area contributed by atoms with Crippen LogP contribution >= 0.6 is 0 Å². The average molecular weight is 284 g/mol. The van der Waals surface area contributed by atoms with Crippen LogP contribution in [0.15, 0.2) is 54.6 Å². The van der Waals surface area contributed by atoms with Gasteiger partial charge in [-0.25, -0.2) is 4.79 Å². The largest absolute Gasteiger partial charge is 0.497 e. The SMILES string of the molecule is COc1ccc(NC(=O)NC(C=O)c2ccccc2)cc1. The number of urea groups is 1. The van der Waals surface area contributed by atoms with Gasteiger partial charge < -0.3 is 20.2 Å². The summed E-state index contributed by atoms with van der Waals surface area (Å²) in [4.78, 5) is 23.0. The van der Waals surface area contributed by atoms with E-state index in [1.165, 1.54) is 0 Å². The summed E-state index contributed by atoms with van der Waals surface area (Å²) < 4.78 is 5.04. The Morgan fingerprint density at radius 3 is 2.33 bits per heavy atom. The van der Waals surface area contributed by atoms with Gasteiger partial charge in [0.05, 0.1) is 7.11 Å². The third-order valence-electron chi connectivity index (χ3n) is 2.93. The van der Waals surface area contributed by atoms with Gasteiger partial charge in [-0.1, -0.05) is 30.3 Å². The Morgan fingerprint density at radius 2 is 1.76 bits per heavy atom. The van der Waals surface area contributed by atoms with Crippen molar-refractivity contribution in [2.45, 2.75) is 6.04 Å². The highest BCUT2D eigenvalue weighted by atomic mass is 16.5. The maximum Gasteiger partial charge on any atom is 0.320 e. The van der Waals surface area contributed by atoms with E-state index in [-0.39, 0.29) is 0 Å². The van der Waals surface area contributed by atoms with Crippen LogP contribution in [-0.2, 0) is 4.79 Å². The van der Waals surface area contributed by atoms with Crippen LogP contribution in [0.5, 0.6) is 5.75 Å². The number of hydrogen-bond acceptors (Lipinski definition) is 3. The van der Waals surface area contributed by atoms with Crippen LogP contribution in [0.25, 0.3) is 0 Å². The van der Waals surface area contributed by atoms with E-state index in [0.717, 1.165) is 5.56 Å². The van der Waals surface area contributed by atoms with E-state index in [0.29, 0.717) is 17.7 Å². The van der Waals surface area contributed by atoms with Crippen molar-refractivity contribution in [1.82, 2.24) is 5.32 Å². The van der Waals surface area contributed by atoms with Crippen LogP contribution in [0, 0.1) is 0 Å². The van der Waals surface area contributed by atoms with E-state index in [1.807, 2.05) is 18.2 Å². The normalized spacial score (nSPS) is 11.3. The second-order valence-corrected chi connectivity index (χ2v) is 4.35. The van der Waals surface area contributed by atoms with Gasteiger partial charge in [-0.3, -0.25) is 0 Å². The van der Waals surface area contributed by atoms with E-state index in [1.54, 1.807) is 43.5 Å². The van der Waals surface area contributed by atoms with Gasteiger partial charge in [0.25, 0.3) is 0 Å². The summed E-state index contributed by atoms with van der Waals surface area (Å²) in [5.74, 6) is 0.705. The zero-order chi connectivity index (χ0) is 15.1. The fourth-order valence-electron chi connectivity index (χ4n) is 1.84. The molecule has 0 aliphatic rings. The number of nitrogens with one attached hydrogen (secondary N) is 2. The Hall–Kier alpha value is -2.82. The van der Waals surface area contributed by atoms with Gasteiger partial charge in [-0.15, -0.1) is 0 Å². The van der Waals surface area contributed by atoms with Crippen molar-refractivity contribution < 1.29 is 14.3 Å². The Morgan fingerprint density at radius 1 is 1.10 bits per heavy atom. The lowest BCUT2D eigenvalue weighted by atomic mass is 10.1. The molecule has 2 amide bonds. The number of hydrogen-bond donors (Lipinski definition) is 2. The number of anilines is 1. The van der Waals surface area contributed by atoms with Crippen molar-refractivity contribution in [2.75, 3.05) is 12.4 Å². The van der Waals surface area contributed by atoms with Crippen LogP contribution in [0.4, 0.5) is 10.5 Å². The Balaban J connectivity index is 1.98. The molecule has 0 radical (unpaired) electrons. The fourth-order valence-corrected chi connectivity index (χ4v) is 1.84. The molecule has 5 nitrogen and oxygen atoms in total. The molecule has 0 saturated carbocycles. The smallest absolute Gasteiger partial charge is 0.320 e. The summed E-state index contributed by atoms with van der Waals surface area (Å²) in [6.45, 7) is 0. The lowest BCUT2D eigenvalue weighted by molar-refractivity contribution is -0.109. The van der Waals surface area contributed by atoms with Gasteiger partial charge in [0.15, 0.2) is 0 Å². The Kier molecular flexibility index (Phi) is 4.93. The van der Waals surface area contributed by atoms with E-state index in [4.69, 9.17) is 4.74 Å². The topological polar surface area (TPSA) is 67.4 Å². The van der Waals surface area contributed by atoms with Crippen LogP contribution in [-0.4, -0.2) is 19.4 Å². The number of ether oxygens (including phenoxy) is 1. The highest BCUT2D eigenvalue weighted by Gasteiger charge is 2.13. The third kappa shape index (κ3) is 4.07. The van der Waals surface area contributed by atoms with Crippen molar-refractivity contribution in [1.29, 1.82) is 0 Å². The van der Waals surface area contributed by atoms with E-state index in [2.05, 4.69) is 10.6 Å². The molecule has 0 bridgehead atoms. The minimum atomic E-state index is -0.676. The molecule has 0 saturated heterocycles. The molecule has 0 spiro atoms. The van der Waals surface area contributed by atoms with Crippen molar-refractivity contribution in [3.8, 4) is 5.75 Å². The van der Waals surface area contributed by atoms with Crippen LogP contribution in [0.2, 0.25) is 0 Å². The predicted octanol–water partition coefficient (Wildman–Crippen LogP) is 2.76. The number of methoxy groups -OCH3 is 1. The summed E-state index contributed by atoms with van der Waals surface area (Å²) in [6, 6.07) is 14.8. The molecular formula is C16H16N2O3. The first-order chi connectivity index (χ1) is 10.2. The van der Waals surface area contributed by atoms with Crippen molar-refractivity contribution in [3.05, 3.63) is 60.2 Å². The van der Waals surface area contributed by atoms with E-state index < -0.39 is 12.1 Å². The molecule has 1 atom stereocenters. The van der Waals surface area contributed by atoms with Crippen LogP contribution < -0.4 is 15.4 Å². The van der Waals surface area contributed by atoms with Crippen LogP contribution in [0.3, 0.4) is 0 Å². The fraction of sp³-hybridized carbons (Fsp3) is 0.125. The molecule has 5 heteroatoms. The highest BCUT2D eigenvalue weighted by Crippen LogP contribution is 2.15. The maximum absolute atomic E-state index is 11.9. The average Bonchev–Trinajstić information content (AvgIpc) is 2.54. The molecule has 0 aliphatic heterocycles. The first kappa shape index (κ1) is 14.6. The maximum atomic E-state index is 11.9. The number of aldehydes is 1. The van der Waals surface area contributed by atoms with Crippen molar-refractivity contribution in [2.24, 2.45) is 0 Å². The van der Waals surface area contributed by atoms with Gasteiger partial charge in [-0.2, -0.15) is 0 Å². The third-order valence-corrected chi connectivity index (χ3v) is 2.93. The molecule has 0 aromatic heterocycles. The van der Waals surface area contributed by atoms with Crippen molar-refractivity contribution in [3.63, 3.8) is 0 Å². The Labute approximate surface area is 122 Å². The van der Waals surface area contributed by atoms with Crippen molar-refractivity contribution >= 4 is 18.0 Å². The van der Waals surface area contributed by atoms with Gasteiger partial charge in [0.2, 0.25) is 0 Å². The second-order valence-electron chi connectivity index (χ2n) is 4.35. The summed E-state index contributed by atoms with van der Waals surface area (Å²) in [5, 5.41) is 5.27. The molecule has 108 valence electrons. The molecule has 21 heavy (non-hydrogen) atoms. The van der Waals surface area contributed by atoms with Gasteiger partial charge >= 0.3 is 6.03 Å². The highest BCUT2D eigenvalue weighted by molar-refractivity contribution is 5.91. The number of benzene rings is 2.